The molecule has 1 fully saturated rings. The monoisotopic (exact) mass is 297 g/mol. The molecule has 0 amide bonds. The molecule has 3 heteroatoms. The van der Waals surface area contributed by atoms with Gasteiger partial charge in [0.15, 0.2) is 0 Å². The van der Waals surface area contributed by atoms with Crippen LogP contribution in [0.4, 0.5) is 0 Å². The molecule has 1 aliphatic carbocycles. The van der Waals surface area contributed by atoms with E-state index in [4.69, 9.17) is 10.5 Å². The fraction of sp³-hybridized carbons (Fsp3) is 0.571. The molecular weight excluding hydrogens is 278 g/mol. The Hall–Kier alpha value is -0.540. The third-order valence-electron chi connectivity index (χ3n) is 3.09. The summed E-state index contributed by atoms with van der Waals surface area (Å²) in [6, 6.07) is 6.40. The van der Waals surface area contributed by atoms with Crippen LogP contribution in [0.25, 0.3) is 0 Å². The molecule has 2 rings (SSSR count). The topological polar surface area (TPSA) is 35.2 Å². The standard InChI is InChI=1S/C14H20BrNO/c15-13-7-6-11(3-1-2-8-16)9-14(13)17-10-12-4-5-12/h6-7,9,12H,1-5,8,10,16H2. The van der Waals surface area contributed by atoms with Crippen LogP contribution in [-0.4, -0.2) is 13.2 Å². The number of hydrogen-bond donors (Lipinski definition) is 1. The molecule has 1 aromatic rings. The lowest BCUT2D eigenvalue weighted by Crippen LogP contribution is -2.01. The Bertz CT molecular complexity index is 363. The van der Waals surface area contributed by atoms with E-state index in [0.717, 1.165) is 48.6 Å². The van der Waals surface area contributed by atoms with E-state index in [0.29, 0.717) is 0 Å². The summed E-state index contributed by atoms with van der Waals surface area (Å²) in [5.41, 5.74) is 6.84. The third-order valence-corrected chi connectivity index (χ3v) is 3.74. The Balaban J connectivity index is 1.90. The van der Waals surface area contributed by atoms with E-state index in [1.165, 1.54) is 18.4 Å². The number of benzene rings is 1. The van der Waals surface area contributed by atoms with Crippen LogP contribution in [0.2, 0.25) is 0 Å². The van der Waals surface area contributed by atoms with Gasteiger partial charge in [-0.25, -0.2) is 0 Å². The van der Waals surface area contributed by atoms with Crippen molar-refractivity contribution in [2.75, 3.05) is 13.2 Å². The van der Waals surface area contributed by atoms with Gasteiger partial charge in [0.05, 0.1) is 11.1 Å². The molecule has 0 aliphatic heterocycles. The first kappa shape index (κ1) is 12.9. The zero-order chi connectivity index (χ0) is 12.1. The summed E-state index contributed by atoms with van der Waals surface area (Å²) < 4.78 is 6.89. The largest absolute Gasteiger partial charge is 0.492 e. The first-order valence-electron chi connectivity index (χ1n) is 6.41. The van der Waals surface area contributed by atoms with Crippen molar-refractivity contribution in [3.63, 3.8) is 0 Å². The number of halogens is 1. The molecule has 1 aromatic carbocycles. The maximum atomic E-state index is 5.84. The van der Waals surface area contributed by atoms with Crippen LogP contribution in [0.1, 0.15) is 31.2 Å². The van der Waals surface area contributed by atoms with E-state index in [1.807, 2.05) is 0 Å². The normalized spacial score (nSPS) is 14.9. The molecule has 0 atom stereocenters. The molecular formula is C14H20BrNO. The minimum atomic E-state index is 0.779. The number of aryl methyl sites for hydroxylation is 1. The van der Waals surface area contributed by atoms with E-state index in [-0.39, 0.29) is 0 Å². The van der Waals surface area contributed by atoms with E-state index in [2.05, 4.69) is 34.1 Å². The zero-order valence-electron chi connectivity index (χ0n) is 10.1. The van der Waals surface area contributed by atoms with Crippen molar-refractivity contribution in [2.45, 2.75) is 32.1 Å². The van der Waals surface area contributed by atoms with Gasteiger partial charge in [0, 0.05) is 0 Å². The van der Waals surface area contributed by atoms with Crippen LogP contribution in [0, 0.1) is 5.92 Å². The van der Waals surface area contributed by atoms with E-state index >= 15 is 0 Å². The molecule has 2 N–H and O–H groups in total. The van der Waals surface area contributed by atoms with Crippen LogP contribution < -0.4 is 10.5 Å². The second kappa shape index (κ2) is 6.41. The quantitative estimate of drug-likeness (QED) is 0.782. The lowest BCUT2D eigenvalue weighted by molar-refractivity contribution is 0.297. The number of unbranched alkanes of at least 4 members (excludes halogenated alkanes) is 1. The minimum Gasteiger partial charge on any atom is -0.492 e. The second-order valence-electron chi connectivity index (χ2n) is 4.76. The number of ether oxygens (including phenoxy) is 1. The highest BCUT2D eigenvalue weighted by atomic mass is 79.9. The van der Waals surface area contributed by atoms with Gasteiger partial charge in [-0.3, -0.25) is 0 Å². The molecule has 0 unspecified atom stereocenters. The van der Waals surface area contributed by atoms with E-state index in [1.54, 1.807) is 0 Å². The average molecular weight is 298 g/mol. The van der Waals surface area contributed by atoms with Gasteiger partial charge in [0.1, 0.15) is 5.75 Å². The maximum Gasteiger partial charge on any atom is 0.133 e. The maximum absolute atomic E-state index is 5.84. The molecule has 0 aromatic heterocycles. The summed E-state index contributed by atoms with van der Waals surface area (Å²) in [4.78, 5) is 0. The highest BCUT2D eigenvalue weighted by Gasteiger charge is 2.22. The van der Waals surface area contributed by atoms with Gasteiger partial charge < -0.3 is 10.5 Å². The second-order valence-corrected chi connectivity index (χ2v) is 5.62. The van der Waals surface area contributed by atoms with Crippen molar-refractivity contribution in [1.82, 2.24) is 0 Å². The van der Waals surface area contributed by atoms with Crippen molar-refractivity contribution in [1.29, 1.82) is 0 Å². The molecule has 0 saturated heterocycles. The van der Waals surface area contributed by atoms with E-state index in [9.17, 15) is 0 Å². The van der Waals surface area contributed by atoms with Crippen LogP contribution in [0.5, 0.6) is 5.75 Å². The predicted octanol–water partition coefficient (Wildman–Crippen LogP) is 3.52. The fourth-order valence-electron chi connectivity index (χ4n) is 1.78. The first-order chi connectivity index (χ1) is 8.29. The average Bonchev–Trinajstić information content (AvgIpc) is 3.14. The zero-order valence-corrected chi connectivity index (χ0v) is 11.7. The Labute approximate surface area is 112 Å². The van der Waals surface area contributed by atoms with Crippen molar-refractivity contribution >= 4 is 15.9 Å². The summed E-state index contributed by atoms with van der Waals surface area (Å²) >= 11 is 3.54. The van der Waals surface area contributed by atoms with E-state index < -0.39 is 0 Å². The van der Waals surface area contributed by atoms with Crippen LogP contribution >= 0.6 is 15.9 Å². The van der Waals surface area contributed by atoms with Crippen molar-refractivity contribution in [3.8, 4) is 5.75 Å². The summed E-state index contributed by atoms with van der Waals surface area (Å²) in [5, 5.41) is 0. The van der Waals surface area contributed by atoms with Crippen LogP contribution in [0.15, 0.2) is 22.7 Å². The van der Waals surface area contributed by atoms with Gasteiger partial charge in [-0.05, 0) is 78.2 Å². The first-order valence-corrected chi connectivity index (χ1v) is 7.20. The number of rotatable bonds is 7. The molecule has 1 saturated carbocycles. The molecule has 1 aliphatic rings. The third kappa shape index (κ3) is 4.32. The summed E-state index contributed by atoms with van der Waals surface area (Å²) in [5.74, 6) is 1.78. The van der Waals surface area contributed by atoms with Gasteiger partial charge in [-0.15, -0.1) is 0 Å². The van der Waals surface area contributed by atoms with Crippen molar-refractivity contribution in [3.05, 3.63) is 28.2 Å². The fourth-order valence-corrected chi connectivity index (χ4v) is 2.14. The molecule has 0 radical (unpaired) electrons. The molecule has 0 spiro atoms. The van der Waals surface area contributed by atoms with Gasteiger partial charge in [-0.2, -0.15) is 0 Å². The Morgan fingerprint density at radius 1 is 1.29 bits per heavy atom. The Morgan fingerprint density at radius 3 is 2.82 bits per heavy atom. The minimum absolute atomic E-state index is 0.779. The molecule has 0 heterocycles. The van der Waals surface area contributed by atoms with Crippen molar-refractivity contribution in [2.24, 2.45) is 11.7 Å². The van der Waals surface area contributed by atoms with Gasteiger partial charge >= 0.3 is 0 Å². The Morgan fingerprint density at radius 2 is 2.12 bits per heavy atom. The summed E-state index contributed by atoms with van der Waals surface area (Å²) in [6.07, 6.45) is 5.99. The van der Waals surface area contributed by atoms with Gasteiger partial charge in [0.25, 0.3) is 0 Å². The van der Waals surface area contributed by atoms with Crippen molar-refractivity contribution < 1.29 is 4.74 Å². The predicted molar refractivity (Wildman–Crippen MR) is 74.4 cm³/mol. The summed E-state index contributed by atoms with van der Waals surface area (Å²) in [6.45, 7) is 1.65. The lowest BCUT2D eigenvalue weighted by Gasteiger charge is -2.09. The van der Waals surface area contributed by atoms with Gasteiger partial charge in [0.2, 0.25) is 0 Å². The number of hydrogen-bond acceptors (Lipinski definition) is 2. The SMILES string of the molecule is NCCCCc1ccc(Br)c(OCC2CC2)c1. The molecule has 2 nitrogen and oxygen atoms in total. The van der Waals surface area contributed by atoms with Crippen LogP contribution in [-0.2, 0) is 6.42 Å². The highest BCUT2D eigenvalue weighted by Crippen LogP contribution is 2.32. The highest BCUT2D eigenvalue weighted by molar-refractivity contribution is 9.10. The molecule has 17 heavy (non-hydrogen) atoms. The summed E-state index contributed by atoms with van der Waals surface area (Å²) in [7, 11) is 0. The van der Waals surface area contributed by atoms with Gasteiger partial charge in [-0.1, -0.05) is 6.07 Å². The smallest absolute Gasteiger partial charge is 0.133 e. The lowest BCUT2D eigenvalue weighted by atomic mass is 10.1. The number of nitrogens with two attached hydrogens (primary N) is 1. The molecule has 0 bridgehead atoms. The molecule has 94 valence electrons. The Kier molecular flexibility index (Phi) is 4.86. The van der Waals surface area contributed by atoms with Crippen LogP contribution in [0.3, 0.4) is 0 Å².